The van der Waals surface area contributed by atoms with Gasteiger partial charge in [-0.15, -0.1) is 0 Å². The molecule has 0 aliphatic carbocycles. The van der Waals surface area contributed by atoms with Crippen LogP contribution >= 0.6 is 12.6 Å². The standard InChI is InChI=1S/C11H17NO2S/c1-12(8-15)7-9-6-10(13-2)4-5-11(9)14-3/h4-6,15H,7-8H2,1-3H3. The maximum Gasteiger partial charge on any atom is 0.123 e. The number of hydrogen-bond donors (Lipinski definition) is 1. The lowest BCUT2D eigenvalue weighted by molar-refractivity contribution is 0.359. The van der Waals surface area contributed by atoms with Gasteiger partial charge in [-0.1, -0.05) is 0 Å². The first-order valence-electron chi connectivity index (χ1n) is 4.71. The Labute approximate surface area is 96.4 Å². The number of nitrogens with zero attached hydrogens (tertiary/aromatic N) is 1. The number of rotatable bonds is 5. The topological polar surface area (TPSA) is 21.7 Å². The molecule has 1 rings (SSSR count). The summed E-state index contributed by atoms with van der Waals surface area (Å²) in [5, 5.41) is 0. The third-order valence-electron chi connectivity index (χ3n) is 2.17. The lowest BCUT2D eigenvalue weighted by Crippen LogP contribution is -2.16. The normalized spacial score (nSPS) is 10.5. The van der Waals surface area contributed by atoms with Crippen LogP contribution < -0.4 is 9.47 Å². The van der Waals surface area contributed by atoms with Crippen molar-refractivity contribution in [3.63, 3.8) is 0 Å². The molecule has 0 amide bonds. The van der Waals surface area contributed by atoms with E-state index in [2.05, 4.69) is 17.5 Å². The largest absolute Gasteiger partial charge is 0.497 e. The molecule has 0 bridgehead atoms. The van der Waals surface area contributed by atoms with Crippen molar-refractivity contribution in [2.24, 2.45) is 0 Å². The van der Waals surface area contributed by atoms with E-state index in [4.69, 9.17) is 9.47 Å². The zero-order chi connectivity index (χ0) is 11.3. The van der Waals surface area contributed by atoms with Crippen LogP contribution in [0.3, 0.4) is 0 Å². The molecule has 0 unspecified atom stereocenters. The molecule has 4 heteroatoms. The zero-order valence-electron chi connectivity index (χ0n) is 9.36. The van der Waals surface area contributed by atoms with E-state index in [9.17, 15) is 0 Å². The first-order valence-corrected chi connectivity index (χ1v) is 5.34. The third kappa shape index (κ3) is 3.32. The van der Waals surface area contributed by atoms with Crippen molar-refractivity contribution < 1.29 is 9.47 Å². The van der Waals surface area contributed by atoms with Gasteiger partial charge in [0.15, 0.2) is 0 Å². The molecule has 0 aliphatic rings. The van der Waals surface area contributed by atoms with Crippen LogP contribution in [0.2, 0.25) is 0 Å². The van der Waals surface area contributed by atoms with E-state index in [1.807, 2.05) is 25.2 Å². The maximum absolute atomic E-state index is 5.28. The summed E-state index contributed by atoms with van der Waals surface area (Å²) in [6.45, 7) is 0.796. The Kier molecular flexibility index (Phi) is 4.78. The fourth-order valence-electron chi connectivity index (χ4n) is 1.35. The van der Waals surface area contributed by atoms with Crippen LogP contribution in [0.1, 0.15) is 5.56 Å². The van der Waals surface area contributed by atoms with Crippen LogP contribution in [0.5, 0.6) is 11.5 Å². The van der Waals surface area contributed by atoms with E-state index in [1.165, 1.54) is 0 Å². The summed E-state index contributed by atoms with van der Waals surface area (Å²) >= 11 is 4.21. The Morgan fingerprint density at radius 2 is 2.00 bits per heavy atom. The summed E-state index contributed by atoms with van der Waals surface area (Å²) in [7, 11) is 5.34. The molecule has 0 heterocycles. The van der Waals surface area contributed by atoms with Crippen molar-refractivity contribution in [2.75, 3.05) is 27.1 Å². The van der Waals surface area contributed by atoms with Gasteiger partial charge in [0.2, 0.25) is 0 Å². The minimum Gasteiger partial charge on any atom is -0.497 e. The third-order valence-corrected chi connectivity index (χ3v) is 2.65. The number of hydrogen-bond acceptors (Lipinski definition) is 4. The average molecular weight is 227 g/mol. The number of methoxy groups -OCH3 is 2. The van der Waals surface area contributed by atoms with Gasteiger partial charge in [-0.05, 0) is 25.2 Å². The predicted molar refractivity (Wildman–Crippen MR) is 64.9 cm³/mol. The summed E-state index contributed by atoms with van der Waals surface area (Å²) in [5.41, 5.74) is 1.11. The van der Waals surface area contributed by atoms with Crippen molar-refractivity contribution >= 4 is 12.6 Å². The Hall–Kier alpha value is -0.870. The second-order valence-corrected chi connectivity index (χ2v) is 3.62. The molecule has 0 aliphatic heterocycles. The van der Waals surface area contributed by atoms with E-state index in [-0.39, 0.29) is 0 Å². The fourth-order valence-corrected chi connectivity index (χ4v) is 1.45. The molecular weight excluding hydrogens is 210 g/mol. The van der Waals surface area contributed by atoms with Crippen molar-refractivity contribution in [3.8, 4) is 11.5 Å². The van der Waals surface area contributed by atoms with E-state index >= 15 is 0 Å². The summed E-state index contributed by atoms with van der Waals surface area (Å²) in [6, 6.07) is 5.79. The molecule has 0 fully saturated rings. The highest BCUT2D eigenvalue weighted by atomic mass is 32.1. The molecule has 0 aromatic heterocycles. The van der Waals surface area contributed by atoms with Gasteiger partial charge in [0.1, 0.15) is 11.5 Å². The molecule has 0 atom stereocenters. The molecule has 0 saturated heterocycles. The predicted octanol–water partition coefficient (Wildman–Crippen LogP) is 2.02. The van der Waals surface area contributed by atoms with Gasteiger partial charge in [0.25, 0.3) is 0 Å². The first kappa shape index (κ1) is 12.2. The quantitative estimate of drug-likeness (QED) is 0.614. The minimum absolute atomic E-state index is 0.709. The lowest BCUT2D eigenvalue weighted by Gasteiger charge is -2.16. The van der Waals surface area contributed by atoms with Gasteiger partial charge in [0.05, 0.1) is 14.2 Å². The highest BCUT2D eigenvalue weighted by Gasteiger charge is 2.06. The van der Waals surface area contributed by atoms with Crippen molar-refractivity contribution in [1.82, 2.24) is 4.90 Å². The van der Waals surface area contributed by atoms with Crippen LogP contribution in [0.25, 0.3) is 0 Å². The molecular formula is C11H17NO2S. The van der Waals surface area contributed by atoms with Gasteiger partial charge in [0, 0.05) is 18.0 Å². The average Bonchev–Trinajstić information content (AvgIpc) is 2.28. The van der Waals surface area contributed by atoms with Crippen molar-refractivity contribution in [2.45, 2.75) is 6.54 Å². The first-order chi connectivity index (χ1) is 7.21. The highest BCUT2D eigenvalue weighted by Crippen LogP contribution is 2.24. The Morgan fingerprint density at radius 1 is 1.27 bits per heavy atom. The van der Waals surface area contributed by atoms with Gasteiger partial charge < -0.3 is 9.47 Å². The summed E-state index contributed by atoms with van der Waals surface area (Å²) in [4.78, 5) is 2.08. The molecule has 0 saturated carbocycles. The Morgan fingerprint density at radius 3 is 2.53 bits per heavy atom. The smallest absolute Gasteiger partial charge is 0.123 e. The lowest BCUT2D eigenvalue weighted by atomic mass is 10.2. The Bertz CT molecular complexity index is 317. The van der Waals surface area contributed by atoms with Crippen LogP contribution in [0.4, 0.5) is 0 Å². The SMILES string of the molecule is COc1ccc(OC)c(CN(C)CS)c1. The molecule has 15 heavy (non-hydrogen) atoms. The van der Waals surface area contributed by atoms with Gasteiger partial charge in [-0.25, -0.2) is 0 Å². The van der Waals surface area contributed by atoms with E-state index < -0.39 is 0 Å². The Balaban J connectivity index is 2.90. The second kappa shape index (κ2) is 5.88. The van der Waals surface area contributed by atoms with E-state index in [1.54, 1.807) is 14.2 Å². The molecule has 84 valence electrons. The number of thiol groups is 1. The molecule has 0 radical (unpaired) electrons. The molecule has 0 N–H and O–H groups in total. The summed E-state index contributed by atoms with van der Waals surface area (Å²) in [6.07, 6.45) is 0. The summed E-state index contributed by atoms with van der Waals surface area (Å²) in [5.74, 6) is 2.43. The highest BCUT2D eigenvalue weighted by molar-refractivity contribution is 7.80. The van der Waals surface area contributed by atoms with Crippen LogP contribution in [0.15, 0.2) is 18.2 Å². The monoisotopic (exact) mass is 227 g/mol. The van der Waals surface area contributed by atoms with Crippen LogP contribution in [0, 0.1) is 0 Å². The molecule has 1 aromatic rings. The van der Waals surface area contributed by atoms with E-state index in [0.717, 1.165) is 23.6 Å². The number of ether oxygens (including phenoxy) is 2. The maximum atomic E-state index is 5.28. The summed E-state index contributed by atoms with van der Waals surface area (Å²) < 4.78 is 10.5. The number of benzene rings is 1. The van der Waals surface area contributed by atoms with Crippen molar-refractivity contribution in [3.05, 3.63) is 23.8 Å². The molecule has 0 spiro atoms. The van der Waals surface area contributed by atoms with Gasteiger partial charge in [-0.3, -0.25) is 4.90 Å². The van der Waals surface area contributed by atoms with Crippen molar-refractivity contribution in [1.29, 1.82) is 0 Å². The van der Waals surface area contributed by atoms with Crippen LogP contribution in [-0.4, -0.2) is 32.0 Å². The van der Waals surface area contributed by atoms with Gasteiger partial charge in [-0.2, -0.15) is 12.6 Å². The minimum atomic E-state index is 0.709. The zero-order valence-corrected chi connectivity index (χ0v) is 10.3. The van der Waals surface area contributed by atoms with Crippen LogP contribution in [-0.2, 0) is 6.54 Å². The molecule has 1 aromatic carbocycles. The molecule has 3 nitrogen and oxygen atoms in total. The van der Waals surface area contributed by atoms with Gasteiger partial charge >= 0.3 is 0 Å². The second-order valence-electron chi connectivity index (χ2n) is 3.33. The fraction of sp³-hybridized carbons (Fsp3) is 0.455. The van der Waals surface area contributed by atoms with E-state index in [0.29, 0.717) is 5.88 Å².